The molecule has 0 aliphatic carbocycles. The zero-order chi connectivity index (χ0) is 12.4. The summed E-state index contributed by atoms with van der Waals surface area (Å²) in [6.07, 6.45) is 3.80. The van der Waals surface area contributed by atoms with Crippen LogP contribution in [0.3, 0.4) is 0 Å². The zero-order valence-electron chi connectivity index (χ0n) is 10.7. The Labute approximate surface area is 102 Å². The minimum Gasteiger partial charge on any atom is -0.350 e. The van der Waals surface area contributed by atoms with Crippen molar-refractivity contribution in [1.82, 2.24) is 4.57 Å². The maximum absolute atomic E-state index is 10.8. The van der Waals surface area contributed by atoms with Crippen LogP contribution in [-0.4, -0.2) is 10.9 Å². The average Bonchev–Trinajstić information content (AvgIpc) is 2.64. The van der Waals surface area contributed by atoms with E-state index in [1.165, 1.54) is 16.5 Å². The molecule has 2 rings (SSSR count). The molecule has 17 heavy (non-hydrogen) atoms. The van der Waals surface area contributed by atoms with Gasteiger partial charge in [0, 0.05) is 30.6 Å². The molecule has 0 bridgehead atoms. The van der Waals surface area contributed by atoms with Crippen LogP contribution in [0.4, 0.5) is 0 Å². The van der Waals surface area contributed by atoms with E-state index >= 15 is 0 Å². The number of carbonyl (C=O) groups is 1. The molecule has 1 heterocycles. The molecule has 0 spiro atoms. The second-order valence-corrected chi connectivity index (χ2v) is 4.97. The molecule has 1 aromatic carbocycles. The molecule has 2 aromatic rings. The van der Waals surface area contributed by atoms with Gasteiger partial charge >= 0.3 is 0 Å². The van der Waals surface area contributed by atoms with Gasteiger partial charge in [-0.15, -0.1) is 0 Å². The van der Waals surface area contributed by atoms with Gasteiger partial charge in [0.25, 0.3) is 0 Å². The van der Waals surface area contributed by atoms with Crippen LogP contribution in [0.1, 0.15) is 31.7 Å². The Balaban J connectivity index is 2.57. The van der Waals surface area contributed by atoms with Gasteiger partial charge in [-0.2, -0.15) is 0 Å². The Bertz CT molecular complexity index is 525. The summed E-state index contributed by atoms with van der Waals surface area (Å²) in [6, 6.07) is 8.38. The fourth-order valence-corrected chi connectivity index (χ4v) is 2.53. The number of aryl methyl sites for hydroxylation is 1. The summed E-state index contributed by atoms with van der Waals surface area (Å²) in [5.41, 5.74) is 2.53. The van der Waals surface area contributed by atoms with E-state index in [0.29, 0.717) is 18.3 Å². The van der Waals surface area contributed by atoms with Gasteiger partial charge in [0.2, 0.25) is 0 Å². The summed E-state index contributed by atoms with van der Waals surface area (Å²) in [5.74, 6) is 0.796. The van der Waals surface area contributed by atoms with E-state index in [0.717, 1.165) is 6.29 Å². The first kappa shape index (κ1) is 11.9. The van der Waals surface area contributed by atoms with Crippen LogP contribution in [0.25, 0.3) is 10.9 Å². The number of rotatable bonds is 4. The van der Waals surface area contributed by atoms with Crippen molar-refractivity contribution in [1.29, 1.82) is 0 Å². The number of carbonyl (C=O) groups excluding carboxylic acids is 1. The van der Waals surface area contributed by atoms with Gasteiger partial charge in [0.15, 0.2) is 0 Å². The highest BCUT2D eigenvalue weighted by Gasteiger charge is 2.19. The molecule has 0 saturated carbocycles. The van der Waals surface area contributed by atoms with Crippen LogP contribution in [0.5, 0.6) is 0 Å². The van der Waals surface area contributed by atoms with E-state index < -0.39 is 0 Å². The lowest BCUT2D eigenvalue weighted by atomic mass is 9.86. The highest BCUT2D eigenvalue weighted by atomic mass is 16.1. The van der Waals surface area contributed by atoms with Crippen molar-refractivity contribution in [3.63, 3.8) is 0 Å². The predicted molar refractivity (Wildman–Crippen MR) is 71.2 cm³/mol. The van der Waals surface area contributed by atoms with Crippen molar-refractivity contribution >= 4 is 17.2 Å². The zero-order valence-corrected chi connectivity index (χ0v) is 10.7. The van der Waals surface area contributed by atoms with Gasteiger partial charge < -0.3 is 9.36 Å². The molecule has 1 atom stereocenters. The summed E-state index contributed by atoms with van der Waals surface area (Å²) in [7, 11) is 2.06. The molecule has 2 nitrogen and oxygen atoms in total. The maximum Gasteiger partial charge on any atom is 0.120 e. The Hall–Kier alpha value is -1.57. The Kier molecular flexibility index (Phi) is 3.32. The normalized spacial score (nSPS) is 13.2. The molecule has 1 unspecified atom stereocenters. The van der Waals surface area contributed by atoms with Gasteiger partial charge in [-0.1, -0.05) is 32.0 Å². The Morgan fingerprint density at radius 2 is 2.00 bits per heavy atom. The van der Waals surface area contributed by atoms with Crippen LogP contribution < -0.4 is 0 Å². The van der Waals surface area contributed by atoms with Crippen LogP contribution in [0.15, 0.2) is 30.5 Å². The number of fused-ring (bicyclic) bond motifs is 1. The van der Waals surface area contributed by atoms with Crippen molar-refractivity contribution in [3.8, 4) is 0 Å². The Morgan fingerprint density at radius 3 is 2.65 bits per heavy atom. The number of benzene rings is 1. The minimum absolute atomic E-state index is 0.318. The molecular formula is C15H19NO. The number of nitrogens with zero attached hydrogens (tertiary/aromatic N) is 1. The summed E-state index contributed by atoms with van der Waals surface area (Å²) < 4.78 is 2.14. The van der Waals surface area contributed by atoms with Crippen LogP contribution in [0, 0.1) is 5.92 Å². The third-order valence-electron chi connectivity index (χ3n) is 3.48. The third-order valence-corrected chi connectivity index (χ3v) is 3.48. The predicted octanol–water partition coefficient (Wildman–Crippen LogP) is 3.51. The summed E-state index contributed by atoms with van der Waals surface area (Å²) in [5, 5.41) is 1.27. The van der Waals surface area contributed by atoms with Gasteiger partial charge in [-0.25, -0.2) is 0 Å². The topological polar surface area (TPSA) is 22.0 Å². The van der Waals surface area contributed by atoms with E-state index in [1.807, 2.05) is 0 Å². The molecule has 0 N–H and O–H groups in total. The van der Waals surface area contributed by atoms with E-state index in [9.17, 15) is 4.79 Å². The molecule has 0 amide bonds. The lowest BCUT2D eigenvalue weighted by molar-refractivity contribution is -0.108. The van der Waals surface area contributed by atoms with E-state index in [-0.39, 0.29) is 0 Å². The monoisotopic (exact) mass is 229 g/mol. The molecule has 0 radical (unpaired) electrons. The lowest BCUT2D eigenvalue weighted by Crippen LogP contribution is -2.07. The first-order valence-corrected chi connectivity index (χ1v) is 6.12. The van der Waals surface area contributed by atoms with Crippen molar-refractivity contribution < 1.29 is 4.79 Å². The second kappa shape index (κ2) is 4.74. The van der Waals surface area contributed by atoms with E-state index in [1.54, 1.807) is 0 Å². The second-order valence-electron chi connectivity index (χ2n) is 4.97. The SMILES string of the molecule is CC(C)C(CC=O)c1cn(C)c2ccccc12. The smallest absolute Gasteiger partial charge is 0.120 e. The highest BCUT2D eigenvalue weighted by molar-refractivity contribution is 5.84. The van der Waals surface area contributed by atoms with Crippen LogP contribution in [-0.2, 0) is 11.8 Å². The summed E-state index contributed by atoms with van der Waals surface area (Å²) in [6.45, 7) is 4.35. The van der Waals surface area contributed by atoms with Gasteiger partial charge in [0.05, 0.1) is 0 Å². The molecule has 90 valence electrons. The third kappa shape index (κ3) is 2.12. The van der Waals surface area contributed by atoms with Crippen LogP contribution in [0.2, 0.25) is 0 Å². The maximum atomic E-state index is 10.8. The number of aromatic nitrogens is 1. The average molecular weight is 229 g/mol. The number of para-hydroxylation sites is 1. The molecule has 0 fully saturated rings. The summed E-state index contributed by atoms with van der Waals surface area (Å²) in [4.78, 5) is 10.8. The van der Waals surface area contributed by atoms with E-state index in [2.05, 4.69) is 55.9 Å². The fourth-order valence-electron chi connectivity index (χ4n) is 2.53. The van der Waals surface area contributed by atoms with Crippen molar-refractivity contribution in [2.45, 2.75) is 26.2 Å². The highest BCUT2D eigenvalue weighted by Crippen LogP contribution is 2.33. The number of aldehydes is 1. The molecule has 1 aromatic heterocycles. The summed E-state index contributed by atoms with van der Waals surface area (Å²) >= 11 is 0. The van der Waals surface area contributed by atoms with Crippen LogP contribution >= 0.6 is 0 Å². The molecule has 0 aliphatic heterocycles. The number of hydrogen-bond acceptors (Lipinski definition) is 1. The molecular weight excluding hydrogens is 210 g/mol. The first-order chi connectivity index (χ1) is 8.15. The van der Waals surface area contributed by atoms with Crippen molar-refractivity contribution in [3.05, 3.63) is 36.0 Å². The fraction of sp³-hybridized carbons (Fsp3) is 0.400. The lowest BCUT2D eigenvalue weighted by Gasteiger charge is -2.17. The minimum atomic E-state index is 0.318. The molecule has 2 heteroatoms. The molecule has 0 saturated heterocycles. The van der Waals surface area contributed by atoms with Crippen molar-refractivity contribution in [2.75, 3.05) is 0 Å². The largest absolute Gasteiger partial charge is 0.350 e. The van der Waals surface area contributed by atoms with E-state index in [4.69, 9.17) is 0 Å². The quantitative estimate of drug-likeness (QED) is 0.735. The van der Waals surface area contributed by atoms with Gasteiger partial charge in [-0.05, 0) is 23.5 Å². The van der Waals surface area contributed by atoms with Crippen molar-refractivity contribution in [2.24, 2.45) is 13.0 Å². The molecule has 0 aliphatic rings. The Morgan fingerprint density at radius 1 is 1.29 bits per heavy atom. The number of hydrogen-bond donors (Lipinski definition) is 0. The van der Waals surface area contributed by atoms with Gasteiger partial charge in [-0.3, -0.25) is 0 Å². The van der Waals surface area contributed by atoms with Gasteiger partial charge in [0.1, 0.15) is 6.29 Å². The standard InChI is InChI=1S/C15H19NO/c1-11(2)12(8-9-17)14-10-16(3)15-7-5-4-6-13(14)15/h4-7,9-12H,8H2,1-3H3. The first-order valence-electron chi connectivity index (χ1n) is 6.12.